The average Bonchev–Trinajstić information content (AvgIpc) is 1.99. The average molecular weight is 145 g/mol. The van der Waals surface area contributed by atoms with E-state index >= 15 is 0 Å². The van der Waals surface area contributed by atoms with Crippen LogP contribution in [0.1, 0.15) is 0 Å². The second kappa shape index (κ2) is 4.67. The van der Waals surface area contributed by atoms with Gasteiger partial charge in [0.05, 0.1) is 14.2 Å². The van der Waals surface area contributed by atoms with Crippen LogP contribution in [0.2, 0.25) is 0 Å². The fourth-order valence-corrected chi connectivity index (χ4v) is 0.437. The zero-order chi connectivity index (χ0) is 7.98. The first-order valence-corrected chi connectivity index (χ1v) is 2.75. The molecule has 1 N–H and O–H groups in total. The molecule has 0 aromatic heterocycles. The molecule has 10 heavy (non-hydrogen) atoms. The molecule has 0 unspecified atom stereocenters. The number of carbonyl (C=O) groups is 1. The molecule has 0 heterocycles. The number of esters is 1. The van der Waals surface area contributed by atoms with Crippen molar-refractivity contribution in [2.75, 3.05) is 21.3 Å². The zero-order valence-corrected chi connectivity index (χ0v) is 6.30. The molecule has 0 radical (unpaired) electrons. The summed E-state index contributed by atoms with van der Waals surface area (Å²) in [6.07, 6.45) is 1.28. The molecule has 0 amide bonds. The molecule has 0 aromatic carbocycles. The third kappa shape index (κ3) is 2.39. The van der Waals surface area contributed by atoms with E-state index in [1.807, 2.05) is 0 Å². The second-order valence-electron chi connectivity index (χ2n) is 1.51. The van der Waals surface area contributed by atoms with Crippen LogP contribution in [0.25, 0.3) is 0 Å². The summed E-state index contributed by atoms with van der Waals surface area (Å²) in [7, 11) is 4.38. The molecule has 4 nitrogen and oxygen atoms in total. The molecule has 4 heteroatoms. The highest BCUT2D eigenvalue weighted by atomic mass is 16.5. The van der Waals surface area contributed by atoms with Crippen molar-refractivity contribution in [3.05, 3.63) is 12.0 Å². The van der Waals surface area contributed by atoms with Crippen LogP contribution in [0.5, 0.6) is 0 Å². The lowest BCUT2D eigenvalue weighted by Crippen LogP contribution is -2.17. The van der Waals surface area contributed by atoms with Crippen LogP contribution in [0.4, 0.5) is 0 Å². The quantitative estimate of drug-likeness (QED) is 0.341. The van der Waals surface area contributed by atoms with E-state index in [0.717, 1.165) is 0 Å². The highest BCUT2D eigenvalue weighted by Crippen LogP contribution is 1.90. The molecule has 58 valence electrons. The summed E-state index contributed by atoms with van der Waals surface area (Å²) >= 11 is 0. The van der Waals surface area contributed by atoms with Crippen molar-refractivity contribution in [1.82, 2.24) is 5.32 Å². The smallest absolute Gasteiger partial charge is 0.357 e. The van der Waals surface area contributed by atoms with Gasteiger partial charge in [0.2, 0.25) is 0 Å². The fraction of sp³-hybridized carbons (Fsp3) is 0.500. The Kier molecular flexibility index (Phi) is 4.11. The van der Waals surface area contributed by atoms with Gasteiger partial charge >= 0.3 is 5.97 Å². The van der Waals surface area contributed by atoms with Gasteiger partial charge in [0.25, 0.3) is 0 Å². The number of methoxy groups -OCH3 is 2. The van der Waals surface area contributed by atoms with Gasteiger partial charge in [-0.25, -0.2) is 4.79 Å². The normalized spacial score (nSPS) is 10.5. The maximum atomic E-state index is 10.7. The minimum atomic E-state index is -0.440. The lowest BCUT2D eigenvalue weighted by Gasteiger charge is -2.01. The lowest BCUT2D eigenvalue weighted by atomic mass is 10.5. The van der Waals surface area contributed by atoms with Crippen molar-refractivity contribution < 1.29 is 14.3 Å². The van der Waals surface area contributed by atoms with E-state index < -0.39 is 5.97 Å². The van der Waals surface area contributed by atoms with E-state index in [-0.39, 0.29) is 0 Å². The number of carbonyl (C=O) groups excluding carboxylic acids is 1. The van der Waals surface area contributed by atoms with Crippen LogP contribution in [0.15, 0.2) is 12.0 Å². The molecular formula is C6H11NO3. The Hall–Kier alpha value is -1.19. The van der Waals surface area contributed by atoms with Crippen LogP contribution < -0.4 is 5.32 Å². The van der Waals surface area contributed by atoms with Crippen LogP contribution in [0, 0.1) is 0 Å². The summed E-state index contributed by atoms with van der Waals surface area (Å²) in [6.45, 7) is 0. The molecule has 0 atom stereocenters. The molecule has 0 aromatic rings. The molecule has 0 saturated heterocycles. The third-order valence-electron chi connectivity index (χ3n) is 0.910. The predicted octanol–water partition coefficient (Wildman–Crippen LogP) is -0.133. The van der Waals surface area contributed by atoms with Gasteiger partial charge in [-0.05, 0) is 0 Å². The number of nitrogens with one attached hydrogen (secondary N) is 1. The summed E-state index contributed by atoms with van der Waals surface area (Å²) in [5.41, 5.74) is 0.296. The highest BCUT2D eigenvalue weighted by Gasteiger charge is 2.05. The summed E-state index contributed by atoms with van der Waals surface area (Å²) < 4.78 is 9.00. The number of hydrogen-bond acceptors (Lipinski definition) is 4. The van der Waals surface area contributed by atoms with Crippen molar-refractivity contribution in [3.63, 3.8) is 0 Å². The standard InChI is InChI=1S/C6H11NO3/c1-7-5(4-9-2)6(8)10-3/h4,7H,1-3H3/b5-4+. The molecule has 0 bridgehead atoms. The Morgan fingerprint density at radius 2 is 2.10 bits per heavy atom. The van der Waals surface area contributed by atoms with Gasteiger partial charge in [0.1, 0.15) is 6.26 Å². The van der Waals surface area contributed by atoms with E-state index in [0.29, 0.717) is 5.70 Å². The fourth-order valence-electron chi connectivity index (χ4n) is 0.437. The zero-order valence-electron chi connectivity index (χ0n) is 6.30. The maximum Gasteiger partial charge on any atom is 0.357 e. The summed E-state index contributed by atoms with van der Waals surface area (Å²) in [5.74, 6) is -0.440. The van der Waals surface area contributed by atoms with Crippen molar-refractivity contribution in [3.8, 4) is 0 Å². The van der Waals surface area contributed by atoms with Crippen molar-refractivity contribution in [2.24, 2.45) is 0 Å². The van der Waals surface area contributed by atoms with E-state index in [2.05, 4.69) is 14.8 Å². The number of rotatable bonds is 3. The molecule has 0 spiro atoms. The van der Waals surface area contributed by atoms with Gasteiger partial charge in [-0.15, -0.1) is 0 Å². The largest absolute Gasteiger partial charge is 0.502 e. The Balaban J connectivity index is 4.06. The van der Waals surface area contributed by atoms with Crippen LogP contribution >= 0.6 is 0 Å². The van der Waals surface area contributed by atoms with E-state index in [4.69, 9.17) is 0 Å². The van der Waals surface area contributed by atoms with Gasteiger partial charge in [0.15, 0.2) is 5.70 Å². The highest BCUT2D eigenvalue weighted by molar-refractivity contribution is 5.87. The first kappa shape index (κ1) is 8.81. The Morgan fingerprint density at radius 1 is 1.50 bits per heavy atom. The van der Waals surface area contributed by atoms with E-state index in [9.17, 15) is 4.79 Å². The van der Waals surface area contributed by atoms with Crippen LogP contribution in [-0.4, -0.2) is 27.2 Å². The summed E-state index contributed by atoms with van der Waals surface area (Å²) in [5, 5.41) is 2.62. The molecule has 0 saturated carbocycles. The number of likely N-dealkylation sites (N-methyl/N-ethyl adjacent to an activating group) is 1. The molecule has 0 aliphatic rings. The summed E-state index contributed by atoms with van der Waals surface area (Å²) in [4.78, 5) is 10.7. The van der Waals surface area contributed by atoms with Crippen LogP contribution in [0.3, 0.4) is 0 Å². The van der Waals surface area contributed by atoms with Gasteiger partial charge in [0, 0.05) is 7.05 Å². The van der Waals surface area contributed by atoms with Gasteiger partial charge in [-0.2, -0.15) is 0 Å². The Bertz CT molecular complexity index is 142. The second-order valence-corrected chi connectivity index (χ2v) is 1.51. The molecular weight excluding hydrogens is 134 g/mol. The van der Waals surface area contributed by atoms with Crippen molar-refractivity contribution in [1.29, 1.82) is 0 Å². The topological polar surface area (TPSA) is 47.6 Å². The maximum absolute atomic E-state index is 10.7. The first-order valence-electron chi connectivity index (χ1n) is 2.75. The Morgan fingerprint density at radius 3 is 2.40 bits per heavy atom. The number of hydrogen-bond donors (Lipinski definition) is 1. The van der Waals surface area contributed by atoms with E-state index in [1.54, 1.807) is 7.05 Å². The molecule has 0 fully saturated rings. The molecule has 0 aliphatic heterocycles. The van der Waals surface area contributed by atoms with Gasteiger partial charge in [-0.1, -0.05) is 0 Å². The number of ether oxygens (including phenoxy) is 2. The predicted molar refractivity (Wildman–Crippen MR) is 36.2 cm³/mol. The SMILES string of the molecule is CN/C(=C/OC)C(=O)OC. The molecule has 0 aliphatic carbocycles. The molecule has 0 rings (SSSR count). The lowest BCUT2D eigenvalue weighted by molar-refractivity contribution is -0.136. The van der Waals surface area contributed by atoms with E-state index in [1.165, 1.54) is 20.5 Å². The van der Waals surface area contributed by atoms with Crippen LogP contribution in [-0.2, 0) is 14.3 Å². The minimum Gasteiger partial charge on any atom is -0.502 e. The first-order chi connectivity index (χ1) is 4.76. The monoisotopic (exact) mass is 145 g/mol. The van der Waals surface area contributed by atoms with Crippen molar-refractivity contribution in [2.45, 2.75) is 0 Å². The summed E-state index contributed by atoms with van der Waals surface area (Å²) in [6, 6.07) is 0. The minimum absolute atomic E-state index is 0.296. The Labute approximate surface area is 59.8 Å². The van der Waals surface area contributed by atoms with Crippen molar-refractivity contribution >= 4 is 5.97 Å². The third-order valence-corrected chi connectivity index (χ3v) is 0.910. The van der Waals surface area contributed by atoms with Gasteiger partial charge in [-0.3, -0.25) is 0 Å². The van der Waals surface area contributed by atoms with Gasteiger partial charge < -0.3 is 14.8 Å².